The van der Waals surface area contributed by atoms with Crippen molar-refractivity contribution in [2.75, 3.05) is 0 Å². The molecule has 4 heteroatoms. The van der Waals surface area contributed by atoms with Crippen molar-refractivity contribution in [1.82, 2.24) is 0 Å². The fourth-order valence-corrected chi connectivity index (χ4v) is 3.45. The summed E-state index contributed by atoms with van der Waals surface area (Å²) >= 11 is 0. The first-order chi connectivity index (χ1) is 10.2. The number of hydrogen-bond acceptors (Lipinski definition) is 3. The molecule has 3 nitrogen and oxygen atoms in total. The van der Waals surface area contributed by atoms with E-state index in [2.05, 4.69) is 0 Å². The highest BCUT2D eigenvalue weighted by Crippen LogP contribution is 2.38. The zero-order valence-electron chi connectivity index (χ0n) is 13.4. The van der Waals surface area contributed by atoms with E-state index in [1.165, 1.54) is 0 Å². The first-order valence-corrected chi connectivity index (χ1v) is 8.66. The van der Waals surface area contributed by atoms with Gasteiger partial charge in [0.15, 0.2) is 0 Å². The van der Waals surface area contributed by atoms with Crippen LogP contribution in [0.15, 0.2) is 59.5 Å². The number of rotatable bonds is 4. The summed E-state index contributed by atoms with van der Waals surface area (Å²) in [5.74, 6) is 0. The average molecular weight is 318 g/mol. The lowest BCUT2D eigenvalue weighted by Crippen LogP contribution is -2.24. The Morgan fingerprint density at radius 3 is 1.95 bits per heavy atom. The maximum atomic E-state index is 12.6. The molecule has 0 aliphatic heterocycles. The summed E-state index contributed by atoms with van der Waals surface area (Å²) in [6.07, 6.45) is -0.542. The SMILES string of the molecule is Cc1ccc(S(=O)(=O)O[C@@H](c2ccccc2)C(C)(C)C)cc1. The van der Waals surface area contributed by atoms with Gasteiger partial charge < -0.3 is 0 Å². The summed E-state index contributed by atoms with van der Waals surface area (Å²) in [6.45, 7) is 7.82. The second kappa shape index (κ2) is 6.23. The summed E-state index contributed by atoms with van der Waals surface area (Å²) < 4.78 is 30.7. The molecule has 0 radical (unpaired) electrons. The van der Waals surface area contributed by atoms with Gasteiger partial charge in [0.05, 0.1) is 4.90 Å². The maximum absolute atomic E-state index is 12.6. The van der Waals surface area contributed by atoms with E-state index in [-0.39, 0.29) is 10.3 Å². The molecular formula is C18H22O3S. The zero-order chi connectivity index (χ0) is 16.4. The van der Waals surface area contributed by atoms with E-state index >= 15 is 0 Å². The standard InChI is InChI=1S/C18H22O3S/c1-14-10-12-16(13-11-14)22(19,20)21-17(18(2,3)4)15-8-6-5-7-9-15/h5-13,17H,1-4H3/t17-/m0/s1. The van der Waals surface area contributed by atoms with Crippen molar-refractivity contribution in [3.63, 3.8) is 0 Å². The largest absolute Gasteiger partial charge is 0.297 e. The van der Waals surface area contributed by atoms with Crippen LogP contribution in [0, 0.1) is 12.3 Å². The Morgan fingerprint density at radius 2 is 1.45 bits per heavy atom. The van der Waals surface area contributed by atoms with Gasteiger partial charge in [-0.3, -0.25) is 4.18 Å². The first kappa shape index (κ1) is 16.7. The molecule has 22 heavy (non-hydrogen) atoms. The number of aryl methyl sites for hydroxylation is 1. The van der Waals surface area contributed by atoms with Gasteiger partial charge >= 0.3 is 0 Å². The first-order valence-electron chi connectivity index (χ1n) is 7.25. The quantitative estimate of drug-likeness (QED) is 0.780. The lowest BCUT2D eigenvalue weighted by atomic mass is 9.85. The van der Waals surface area contributed by atoms with Crippen LogP contribution in [0.4, 0.5) is 0 Å². The molecule has 118 valence electrons. The normalized spacial score (nSPS) is 13.8. The van der Waals surface area contributed by atoms with E-state index in [1.54, 1.807) is 24.3 Å². The van der Waals surface area contributed by atoms with Crippen molar-refractivity contribution in [1.29, 1.82) is 0 Å². The summed E-state index contributed by atoms with van der Waals surface area (Å²) in [6, 6.07) is 16.1. The molecular weight excluding hydrogens is 296 g/mol. The van der Waals surface area contributed by atoms with Gasteiger partial charge in [-0.05, 0) is 30.0 Å². The van der Waals surface area contributed by atoms with Crippen molar-refractivity contribution in [3.05, 3.63) is 65.7 Å². The number of hydrogen-bond donors (Lipinski definition) is 0. The maximum Gasteiger partial charge on any atom is 0.297 e. The van der Waals surface area contributed by atoms with Gasteiger partial charge in [0, 0.05) is 0 Å². The van der Waals surface area contributed by atoms with E-state index in [0.717, 1.165) is 11.1 Å². The van der Waals surface area contributed by atoms with Gasteiger partial charge in [-0.1, -0.05) is 68.8 Å². The molecule has 0 heterocycles. The Bertz CT molecular complexity index is 711. The Labute approximate surface area is 133 Å². The monoisotopic (exact) mass is 318 g/mol. The molecule has 1 atom stereocenters. The lowest BCUT2D eigenvalue weighted by molar-refractivity contribution is 0.0934. The topological polar surface area (TPSA) is 43.4 Å². The van der Waals surface area contributed by atoms with Crippen LogP contribution in [-0.2, 0) is 14.3 Å². The van der Waals surface area contributed by atoms with Crippen molar-refractivity contribution in [2.45, 2.75) is 38.7 Å². The molecule has 0 aliphatic carbocycles. The van der Waals surface area contributed by atoms with Crippen LogP contribution in [-0.4, -0.2) is 8.42 Å². The molecule has 0 fully saturated rings. The highest BCUT2D eigenvalue weighted by Gasteiger charge is 2.32. The smallest absolute Gasteiger partial charge is 0.258 e. The molecule has 0 saturated carbocycles. The molecule has 2 aromatic carbocycles. The van der Waals surface area contributed by atoms with E-state index in [4.69, 9.17) is 4.18 Å². The number of benzene rings is 2. The molecule has 2 rings (SSSR count). The summed E-state index contributed by atoms with van der Waals surface area (Å²) in [5.41, 5.74) is 1.51. The van der Waals surface area contributed by atoms with Crippen LogP contribution in [0.2, 0.25) is 0 Å². The van der Waals surface area contributed by atoms with Gasteiger partial charge in [0.25, 0.3) is 10.1 Å². The minimum atomic E-state index is -3.81. The summed E-state index contributed by atoms with van der Waals surface area (Å²) in [4.78, 5) is 0.184. The van der Waals surface area contributed by atoms with Crippen molar-refractivity contribution in [3.8, 4) is 0 Å². The van der Waals surface area contributed by atoms with Crippen molar-refractivity contribution >= 4 is 10.1 Å². The minimum Gasteiger partial charge on any atom is -0.258 e. The van der Waals surface area contributed by atoms with Crippen LogP contribution < -0.4 is 0 Å². The zero-order valence-corrected chi connectivity index (χ0v) is 14.2. The Morgan fingerprint density at radius 1 is 0.909 bits per heavy atom. The predicted octanol–water partition coefficient (Wildman–Crippen LogP) is 4.49. The molecule has 0 unspecified atom stereocenters. The molecule has 0 N–H and O–H groups in total. The van der Waals surface area contributed by atoms with Crippen molar-refractivity contribution in [2.24, 2.45) is 5.41 Å². The fourth-order valence-electron chi connectivity index (χ4n) is 2.21. The molecule has 0 saturated heterocycles. The molecule has 0 bridgehead atoms. The van der Waals surface area contributed by atoms with Gasteiger partial charge in [-0.2, -0.15) is 8.42 Å². The molecule has 0 aromatic heterocycles. The van der Waals surface area contributed by atoms with Gasteiger partial charge in [0.2, 0.25) is 0 Å². The van der Waals surface area contributed by atoms with Crippen LogP contribution in [0.25, 0.3) is 0 Å². The third-order valence-electron chi connectivity index (χ3n) is 3.42. The third kappa shape index (κ3) is 3.96. The minimum absolute atomic E-state index is 0.184. The second-order valence-corrected chi connectivity index (χ2v) is 8.09. The highest BCUT2D eigenvalue weighted by atomic mass is 32.2. The predicted molar refractivity (Wildman–Crippen MR) is 88.1 cm³/mol. The van der Waals surface area contributed by atoms with Gasteiger partial charge in [-0.25, -0.2) is 0 Å². The van der Waals surface area contributed by atoms with E-state index in [1.807, 2.05) is 58.0 Å². The Balaban J connectivity index is 2.37. The van der Waals surface area contributed by atoms with Gasteiger partial charge in [0.1, 0.15) is 6.10 Å². The highest BCUT2D eigenvalue weighted by molar-refractivity contribution is 7.86. The summed E-state index contributed by atoms with van der Waals surface area (Å²) in [5, 5.41) is 0. The third-order valence-corrected chi connectivity index (χ3v) is 4.72. The lowest BCUT2D eigenvalue weighted by Gasteiger charge is -2.30. The fraction of sp³-hybridized carbons (Fsp3) is 0.333. The Hall–Kier alpha value is -1.65. The van der Waals surface area contributed by atoms with E-state index < -0.39 is 16.2 Å². The van der Waals surface area contributed by atoms with Crippen LogP contribution >= 0.6 is 0 Å². The molecule has 0 aliphatic rings. The Kier molecular flexibility index (Phi) is 4.73. The summed E-state index contributed by atoms with van der Waals surface area (Å²) in [7, 11) is -3.81. The molecule has 2 aromatic rings. The average Bonchev–Trinajstić information content (AvgIpc) is 2.45. The molecule has 0 amide bonds. The van der Waals surface area contributed by atoms with E-state index in [0.29, 0.717) is 0 Å². The second-order valence-electron chi connectivity index (χ2n) is 6.52. The van der Waals surface area contributed by atoms with E-state index in [9.17, 15) is 8.42 Å². The van der Waals surface area contributed by atoms with Gasteiger partial charge in [-0.15, -0.1) is 0 Å². The molecule has 0 spiro atoms. The van der Waals surface area contributed by atoms with Crippen LogP contribution in [0.1, 0.15) is 38.0 Å². The van der Waals surface area contributed by atoms with Crippen LogP contribution in [0.3, 0.4) is 0 Å². The van der Waals surface area contributed by atoms with Crippen molar-refractivity contribution < 1.29 is 12.6 Å². The van der Waals surface area contributed by atoms with Crippen LogP contribution in [0.5, 0.6) is 0 Å².